The number of nitrogens with zero attached hydrogens (tertiary/aromatic N) is 3. The molecule has 6 heteroatoms. The lowest BCUT2D eigenvalue weighted by atomic mass is 9.95. The molecule has 1 aromatic heterocycles. The van der Waals surface area contributed by atoms with E-state index in [-0.39, 0.29) is 5.91 Å². The minimum Gasteiger partial charge on any atom is -0.348 e. The highest BCUT2D eigenvalue weighted by Crippen LogP contribution is 2.16. The first-order valence-corrected chi connectivity index (χ1v) is 5.75. The van der Waals surface area contributed by atoms with Crippen LogP contribution in [0.25, 0.3) is 0 Å². The molecule has 0 radical (unpaired) electrons. The van der Waals surface area contributed by atoms with E-state index < -0.39 is 5.41 Å². The van der Waals surface area contributed by atoms with Gasteiger partial charge >= 0.3 is 0 Å². The number of rotatable bonds is 5. The van der Waals surface area contributed by atoms with Crippen molar-refractivity contribution in [3.05, 3.63) is 12.2 Å². The molecule has 0 aliphatic carbocycles. The van der Waals surface area contributed by atoms with Crippen LogP contribution in [0, 0.1) is 5.41 Å². The van der Waals surface area contributed by atoms with Crippen LogP contribution in [-0.2, 0) is 17.9 Å². The fraction of sp³-hybridized carbons (Fsp3) is 0.700. The van der Waals surface area contributed by atoms with Crippen LogP contribution in [0.4, 0.5) is 0 Å². The van der Waals surface area contributed by atoms with Crippen molar-refractivity contribution in [2.75, 3.05) is 5.88 Å². The first-order valence-electron chi connectivity index (χ1n) is 5.22. The van der Waals surface area contributed by atoms with Crippen molar-refractivity contribution in [1.82, 2.24) is 20.1 Å². The van der Waals surface area contributed by atoms with Crippen LogP contribution in [0.1, 0.15) is 26.6 Å². The molecular weight excluding hydrogens is 228 g/mol. The maximum absolute atomic E-state index is 11.7. The zero-order valence-electron chi connectivity index (χ0n) is 9.83. The summed E-state index contributed by atoms with van der Waals surface area (Å²) in [5.41, 5.74) is -0.557. The Hall–Kier alpha value is -1.10. The highest BCUT2D eigenvalue weighted by Gasteiger charge is 2.26. The SMILES string of the molecule is CCn1cnnc1CNC(=O)C(C)(C)CCl. The summed E-state index contributed by atoms with van der Waals surface area (Å²) in [5, 5.41) is 10.5. The van der Waals surface area contributed by atoms with Crippen molar-refractivity contribution in [2.24, 2.45) is 5.41 Å². The molecule has 5 nitrogen and oxygen atoms in total. The maximum Gasteiger partial charge on any atom is 0.227 e. The topological polar surface area (TPSA) is 59.8 Å². The molecule has 0 fully saturated rings. The van der Waals surface area contributed by atoms with Crippen LogP contribution >= 0.6 is 11.6 Å². The average Bonchev–Trinajstić information content (AvgIpc) is 2.72. The van der Waals surface area contributed by atoms with Gasteiger partial charge in [0.25, 0.3) is 0 Å². The molecule has 1 aromatic rings. The van der Waals surface area contributed by atoms with Crippen LogP contribution in [0.3, 0.4) is 0 Å². The predicted octanol–water partition coefficient (Wildman–Crippen LogP) is 1.18. The Morgan fingerprint density at radius 2 is 2.31 bits per heavy atom. The Bertz CT molecular complexity index is 361. The number of amides is 1. The summed E-state index contributed by atoms with van der Waals surface area (Å²) in [6.45, 7) is 6.78. The molecule has 0 unspecified atom stereocenters. The summed E-state index contributed by atoms with van der Waals surface area (Å²) in [4.78, 5) is 11.7. The summed E-state index contributed by atoms with van der Waals surface area (Å²) < 4.78 is 1.88. The number of carbonyl (C=O) groups excluding carboxylic acids is 1. The summed E-state index contributed by atoms with van der Waals surface area (Å²) in [6.07, 6.45) is 1.65. The molecule has 0 bridgehead atoms. The van der Waals surface area contributed by atoms with Gasteiger partial charge in [-0.3, -0.25) is 4.79 Å². The van der Waals surface area contributed by atoms with E-state index in [0.29, 0.717) is 12.4 Å². The normalized spacial score (nSPS) is 11.5. The Kier molecular flexibility index (Phi) is 4.29. The van der Waals surface area contributed by atoms with Gasteiger partial charge in [-0.25, -0.2) is 0 Å². The highest BCUT2D eigenvalue weighted by molar-refractivity contribution is 6.19. The number of hydrogen-bond acceptors (Lipinski definition) is 3. The maximum atomic E-state index is 11.7. The van der Waals surface area contributed by atoms with Crippen molar-refractivity contribution in [3.8, 4) is 0 Å². The van der Waals surface area contributed by atoms with Crippen molar-refractivity contribution in [1.29, 1.82) is 0 Å². The molecule has 0 spiro atoms. The number of carbonyl (C=O) groups is 1. The van der Waals surface area contributed by atoms with Gasteiger partial charge in [0.15, 0.2) is 5.82 Å². The minimum absolute atomic E-state index is 0.0758. The standard InChI is InChI=1S/C10H17ClN4O/c1-4-15-7-13-14-8(15)5-12-9(16)10(2,3)6-11/h7H,4-6H2,1-3H3,(H,12,16). The lowest BCUT2D eigenvalue weighted by Gasteiger charge is -2.20. The van der Waals surface area contributed by atoms with E-state index in [0.717, 1.165) is 12.4 Å². The largest absolute Gasteiger partial charge is 0.348 e. The van der Waals surface area contributed by atoms with Gasteiger partial charge < -0.3 is 9.88 Å². The van der Waals surface area contributed by atoms with E-state index in [9.17, 15) is 4.79 Å². The van der Waals surface area contributed by atoms with Gasteiger partial charge in [-0.05, 0) is 20.8 Å². The first-order chi connectivity index (χ1) is 7.51. The molecule has 0 saturated heterocycles. The molecule has 0 aliphatic heterocycles. The second-order valence-corrected chi connectivity index (χ2v) is 4.50. The van der Waals surface area contributed by atoms with Crippen molar-refractivity contribution in [2.45, 2.75) is 33.9 Å². The molecule has 0 atom stereocenters. The fourth-order valence-corrected chi connectivity index (χ4v) is 1.26. The quantitative estimate of drug-likeness (QED) is 0.792. The lowest BCUT2D eigenvalue weighted by Crippen LogP contribution is -2.38. The third kappa shape index (κ3) is 2.95. The van der Waals surface area contributed by atoms with Crippen molar-refractivity contribution >= 4 is 17.5 Å². The Balaban J connectivity index is 2.55. The number of aryl methyl sites for hydroxylation is 1. The monoisotopic (exact) mass is 244 g/mol. The van der Waals surface area contributed by atoms with Gasteiger partial charge in [0.05, 0.1) is 12.0 Å². The van der Waals surface area contributed by atoms with E-state index >= 15 is 0 Å². The Morgan fingerprint density at radius 3 is 2.88 bits per heavy atom. The Morgan fingerprint density at radius 1 is 1.62 bits per heavy atom. The zero-order chi connectivity index (χ0) is 12.2. The fourth-order valence-electron chi connectivity index (χ4n) is 1.14. The van der Waals surface area contributed by atoms with Gasteiger partial charge in [-0.1, -0.05) is 0 Å². The predicted molar refractivity (Wildman–Crippen MR) is 62.0 cm³/mol. The molecule has 1 rings (SSSR count). The molecule has 0 aromatic carbocycles. The van der Waals surface area contributed by atoms with E-state index in [1.54, 1.807) is 20.2 Å². The third-order valence-electron chi connectivity index (χ3n) is 2.39. The van der Waals surface area contributed by atoms with E-state index in [1.807, 2.05) is 11.5 Å². The zero-order valence-corrected chi connectivity index (χ0v) is 10.6. The van der Waals surface area contributed by atoms with E-state index in [4.69, 9.17) is 11.6 Å². The lowest BCUT2D eigenvalue weighted by molar-refractivity contribution is -0.128. The van der Waals surface area contributed by atoms with Crippen LogP contribution in [0.2, 0.25) is 0 Å². The second-order valence-electron chi connectivity index (χ2n) is 4.23. The summed E-state index contributed by atoms with van der Waals surface area (Å²) in [6, 6.07) is 0. The average molecular weight is 245 g/mol. The summed E-state index contributed by atoms with van der Waals surface area (Å²) in [5.74, 6) is 0.966. The minimum atomic E-state index is -0.557. The van der Waals surface area contributed by atoms with E-state index in [1.165, 1.54) is 0 Å². The molecule has 1 N–H and O–H groups in total. The van der Waals surface area contributed by atoms with Crippen LogP contribution in [0.15, 0.2) is 6.33 Å². The molecule has 1 heterocycles. The molecule has 0 saturated carbocycles. The molecule has 90 valence electrons. The van der Waals surface area contributed by atoms with Crippen molar-refractivity contribution in [3.63, 3.8) is 0 Å². The summed E-state index contributed by atoms with van der Waals surface area (Å²) >= 11 is 5.71. The molecule has 16 heavy (non-hydrogen) atoms. The van der Waals surface area contributed by atoms with E-state index in [2.05, 4.69) is 15.5 Å². The van der Waals surface area contributed by atoms with Gasteiger partial charge in [0.2, 0.25) is 5.91 Å². The number of halogens is 1. The van der Waals surface area contributed by atoms with Gasteiger partial charge in [0.1, 0.15) is 6.33 Å². The van der Waals surface area contributed by atoms with Gasteiger partial charge in [-0.15, -0.1) is 21.8 Å². The molecule has 0 aliphatic rings. The first kappa shape index (κ1) is 13.0. The third-order valence-corrected chi connectivity index (χ3v) is 3.06. The van der Waals surface area contributed by atoms with Gasteiger partial charge in [-0.2, -0.15) is 0 Å². The van der Waals surface area contributed by atoms with Crippen LogP contribution in [0.5, 0.6) is 0 Å². The summed E-state index contributed by atoms with van der Waals surface area (Å²) in [7, 11) is 0. The van der Waals surface area contributed by atoms with Gasteiger partial charge in [0, 0.05) is 12.4 Å². The number of aromatic nitrogens is 3. The van der Waals surface area contributed by atoms with Crippen LogP contribution < -0.4 is 5.32 Å². The molecule has 1 amide bonds. The number of alkyl halides is 1. The van der Waals surface area contributed by atoms with Crippen LogP contribution in [-0.4, -0.2) is 26.6 Å². The highest BCUT2D eigenvalue weighted by atomic mass is 35.5. The second kappa shape index (κ2) is 5.30. The molecular formula is C10H17ClN4O. The Labute approximate surface area is 100 Å². The number of nitrogens with one attached hydrogen (secondary N) is 1. The van der Waals surface area contributed by atoms with Crippen molar-refractivity contribution < 1.29 is 4.79 Å². The smallest absolute Gasteiger partial charge is 0.227 e. The number of hydrogen-bond donors (Lipinski definition) is 1.